The molecule has 3 rings (SSSR count). The number of para-hydroxylation sites is 1. The molecule has 0 atom stereocenters. The van der Waals surface area contributed by atoms with Crippen LogP contribution >= 0.6 is 11.8 Å². The number of carbonyl (C=O) groups is 2. The summed E-state index contributed by atoms with van der Waals surface area (Å²) in [5.41, 5.74) is 1.40. The summed E-state index contributed by atoms with van der Waals surface area (Å²) in [7, 11) is 0. The number of aromatic carboxylic acids is 1. The highest BCUT2D eigenvalue weighted by Gasteiger charge is 2.24. The second kappa shape index (κ2) is 7.88. The van der Waals surface area contributed by atoms with Crippen LogP contribution in [0.25, 0.3) is 6.08 Å². The van der Waals surface area contributed by atoms with Crippen molar-refractivity contribution in [1.82, 2.24) is 5.32 Å². The number of benzene rings is 2. The first-order chi connectivity index (χ1) is 12.6. The summed E-state index contributed by atoms with van der Waals surface area (Å²) in [5.74, 6) is -1.05. The molecule has 0 spiro atoms. The van der Waals surface area contributed by atoms with Crippen molar-refractivity contribution in [2.45, 2.75) is 6.92 Å². The Bertz CT molecular complexity index is 907. The van der Waals surface area contributed by atoms with Gasteiger partial charge in [-0.3, -0.25) is 4.79 Å². The molecule has 0 unspecified atom stereocenters. The van der Waals surface area contributed by atoms with Crippen molar-refractivity contribution >= 4 is 40.6 Å². The van der Waals surface area contributed by atoms with Gasteiger partial charge in [0.25, 0.3) is 5.91 Å². The number of amides is 1. The van der Waals surface area contributed by atoms with Crippen molar-refractivity contribution in [1.29, 1.82) is 0 Å². The maximum Gasteiger partial charge on any atom is 0.339 e. The second-order valence-electron chi connectivity index (χ2n) is 5.31. The zero-order valence-electron chi connectivity index (χ0n) is 13.9. The summed E-state index contributed by atoms with van der Waals surface area (Å²) in [5, 5.41) is 12.5. The van der Waals surface area contributed by atoms with Gasteiger partial charge in [-0.05, 0) is 54.6 Å². The number of nitrogens with zero attached hydrogens (tertiary/aromatic N) is 1. The van der Waals surface area contributed by atoms with Gasteiger partial charge in [-0.25, -0.2) is 9.79 Å². The van der Waals surface area contributed by atoms with Gasteiger partial charge < -0.3 is 15.2 Å². The van der Waals surface area contributed by atoms with Crippen molar-refractivity contribution < 1.29 is 19.4 Å². The maximum atomic E-state index is 12.1. The largest absolute Gasteiger partial charge is 0.493 e. The van der Waals surface area contributed by atoms with Gasteiger partial charge in [-0.15, -0.1) is 0 Å². The molecular formula is C19H16N2O4S. The first kappa shape index (κ1) is 17.8. The average Bonchev–Trinajstić information content (AvgIpc) is 2.96. The smallest absolute Gasteiger partial charge is 0.339 e. The van der Waals surface area contributed by atoms with Crippen LogP contribution in [0.1, 0.15) is 22.8 Å². The molecule has 1 amide bonds. The Morgan fingerprint density at radius 1 is 1.27 bits per heavy atom. The Morgan fingerprint density at radius 2 is 2.04 bits per heavy atom. The molecule has 0 aliphatic carbocycles. The van der Waals surface area contributed by atoms with Gasteiger partial charge in [-0.2, -0.15) is 0 Å². The van der Waals surface area contributed by atoms with E-state index in [1.54, 1.807) is 25.1 Å². The van der Waals surface area contributed by atoms with Crippen molar-refractivity contribution in [2.24, 2.45) is 4.99 Å². The normalized spacial score (nSPS) is 16.7. The van der Waals surface area contributed by atoms with E-state index >= 15 is 0 Å². The molecule has 132 valence electrons. The number of hydrogen-bond donors (Lipinski definition) is 2. The van der Waals surface area contributed by atoms with Gasteiger partial charge in [0, 0.05) is 0 Å². The van der Waals surface area contributed by atoms with Gasteiger partial charge in [0.15, 0.2) is 5.17 Å². The van der Waals surface area contributed by atoms with Crippen LogP contribution in [0.3, 0.4) is 0 Å². The van der Waals surface area contributed by atoms with Crippen LogP contribution in [0.15, 0.2) is 58.4 Å². The second-order valence-corrected chi connectivity index (χ2v) is 6.34. The van der Waals surface area contributed by atoms with E-state index in [-0.39, 0.29) is 11.5 Å². The zero-order valence-corrected chi connectivity index (χ0v) is 14.7. The minimum Gasteiger partial charge on any atom is -0.493 e. The third kappa shape index (κ3) is 4.12. The maximum absolute atomic E-state index is 12.1. The number of nitrogens with one attached hydrogen (secondary N) is 1. The minimum atomic E-state index is -1.08. The molecule has 7 heteroatoms. The number of carboxylic acid groups (broad SMARTS) is 1. The molecule has 1 fully saturated rings. The molecule has 2 N–H and O–H groups in total. The molecule has 6 nitrogen and oxygen atoms in total. The number of ether oxygens (including phenoxy) is 1. The Labute approximate surface area is 154 Å². The van der Waals surface area contributed by atoms with E-state index in [0.717, 1.165) is 5.69 Å². The van der Waals surface area contributed by atoms with Crippen molar-refractivity contribution in [2.75, 3.05) is 6.61 Å². The van der Waals surface area contributed by atoms with Crippen LogP contribution in [0, 0.1) is 0 Å². The van der Waals surface area contributed by atoms with Crippen LogP contribution in [0.5, 0.6) is 5.75 Å². The molecule has 1 aliphatic rings. The SMILES string of the molecule is CCOc1ccc(/C=C2\SC(=Nc3ccccc3)NC2=O)cc1C(=O)O. The minimum absolute atomic E-state index is 0.0581. The Hall–Kier alpha value is -3.06. The van der Waals surface area contributed by atoms with Crippen molar-refractivity contribution in [3.05, 3.63) is 64.6 Å². The molecule has 1 heterocycles. The molecule has 1 saturated heterocycles. The van der Waals surface area contributed by atoms with Gasteiger partial charge in [-0.1, -0.05) is 24.3 Å². The average molecular weight is 368 g/mol. The lowest BCUT2D eigenvalue weighted by molar-refractivity contribution is -0.115. The molecule has 1 aliphatic heterocycles. The third-order valence-electron chi connectivity index (χ3n) is 3.47. The standard InChI is InChI=1S/C19H16N2O4S/c1-2-25-15-9-8-12(10-14(15)18(23)24)11-16-17(22)21-19(26-16)20-13-6-4-3-5-7-13/h3-11H,2H2,1H3,(H,23,24)(H,20,21,22)/b16-11-. The number of carboxylic acids is 1. The van der Waals surface area contributed by atoms with Crippen LogP contribution in [-0.2, 0) is 4.79 Å². The monoisotopic (exact) mass is 368 g/mol. The number of rotatable bonds is 5. The van der Waals surface area contributed by atoms with Gasteiger partial charge in [0.05, 0.1) is 17.2 Å². The van der Waals surface area contributed by atoms with E-state index < -0.39 is 5.97 Å². The van der Waals surface area contributed by atoms with E-state index in [9.17, 15) is 14.7 Å². The predicted molar refractivity (Wildman–Crippen MR) is 102 cm³/mol. The van der Waals surface area contributed by atoms with Crippen LogP contribution in [-0.4, -0.2) is 28.8 Å². The molecule has 2 aromatic rings. The highest BCUT2D eigenvalue weighted by molar-refractivity contribution is 8.18. The van der Waals surface area contributed by atoms with Crippen LogP contribution < -0.4 is 10.1 Å². The highest BCUT2D eigenvalue weighted by Crippen LogP contribution is 2.29. The highest BCUT2D eigenvalue weighted by atomic mass is 32.2. The Balaban J connectivity index is 1.86. The summed E-state index contributed by atoms with van der Waals surface area (Å²) in [4.78, 5) is 28.4. The number of carbonyl (C=O) groups excluding carboxylic acids is 1. The van der Waals surface area contributed by atoms with E-state index in [2.05, 4.69) is 10.3 Å². The number of aliphatic imine (C=N–C) groups is 1. The summed E-state index contributed by atoms with van der Waals surface area (Å²) >= 11 is 1.21. The molecule has 0 aromatic heterocycles. The van der Waals surface area contributed by atoms with E-state index in [1.807, 2.05) is 30.3 Å². The molecular weight excluding hydrogens is 352 g/mol. The summed E-state index contributed by atoms with van der Waals surface area (Å²) in [6.07, 6.45) is 1.63. The Morgan fingerprint density at radius 3 is 2.73 bits per heavy atom. The first-order valence-electron chi connectivity index (χ1n) is 7.91. The predicted octanol–water partition coefficient (Wildman–Crippen LogP) is 3.68. The lowest BCUT2D eigenvalue weighted by Gasteiger charge is -2.07. The van der Waals surface area contributed by atoms with Crippen molar-refractivity contribution in [3.8, 4) is 5.75 Å². The lowest BCUT2D eigenvalue weighted by atomic mass is 10.1. The lowest BCUT2D eigenvalue weighted by Crippen LogP contribution is -2.19. The Kier molecular flexibility index (Phi) is 5.38. The van der Waals surface area contributed by atoms with Gasteiger partial charge in [0.1, 0.15) is 11.3 Å². The van der Waals surface area contributed by atoms with Gasteiger partial charge >= 0.3 is 5.97 Å². The zero-order chi connectivity index (χ0) is 18.5. The first-order valence-corrected chi connectivity index (χ1v) is 8.73. The van der Waals surface area contributed by atoms with Gasteiger partial charge in [0.2, 0.25) is 0 Å². The fraction of sp³-hybridized carbons (Fsp3) is 0.105. The quantitative estimate of drug-likeness (QED) is 0.786. The summed E-state index contributed by atoms with van der Waals surface area (Å²) < 4.78 is 5.32. The molecule has 0 bridgehead atoms. The van der Waals surface area contributed by atoms with E-state index in [0.29, 0.717) is 28.0 Å². The fourth-order valence-corrected chi connectivity index (χ4v) is 3.18. The van der Waals surface area contributed by atoms with Crippen molar-refractivity contribution in [3.63, 3.8) is 0 Å². The topological polar surface area (TPSA) is 88.0 Å². The third-order valence-corrected chi connectivity index (χ3v) is 4.38. The molecule has 0 radical (unpaired) electrons. The number of thioether (sulfide) groups is 1. The van der Waals surface area contributed by atoms with E-state index in [4.69, 9.17) is 4.74 Å². The molecule has 26 heavy (non-hydrogen) atoms. The number of hydrogen-bond acceptors (Lipinski definition) is 5. The molecule has 2 aromatic carbocycles. The fourth-order valence-electron chi connectivity index (χ4n) is 2.34. The summed E-state index contributed by atoms with van der Waals surface area (Å²) in [6, 6.07) is 14.1. The van der Waals surface area contributed by atoms with Crippen LogP contribution in [0.2, 0.25) is 0 Å². The van der Waals surface area contributed by atoms with E-state index in [1.165, 1.54) is 17.8 Å². The summed E-state index contributed by atoms with van der Waals surface area (Å²) in [6.45, 7) is 2.16. The van der Waals surface area contributed by atoms with Crippen LogP contribution in [0.4, 0.5) is 5.69 Å². The molecule has 0 saturated carbocycles. The number of amidine groups is 1.